The number of nitrogens with one attached hydrogen (secondary N) is 2. The van der Waals surface area contributed by atoms with Crippen molar-refractivity contribution in [2.24, 2.45) is 12.0 Å². The third-order valence-corrected chi connectivity index (χ3v) is 3.69. The number of guanidine groups is 1. The molecule has 0 atom stereocenters. The predicted octanol–water partition coefficient (Wildman–Crippen LogP) is 0.972. The Morgan fingerprint density at radius 3 is 2.73 bits per heavy atom. The largest absolute Gasteiger partial charge is 0.357 e. The summed E-state index contributed by atoms with van der Waals surface area (Å²) >= 11 is 0. The fourth-order valence-electron chi connectivity index (χ4n) is 2.31. The van der Waals surface area contributed by atoms with Crippen LogP contribution in [0.15, 0.2) is 11.3 Å². The topological polar surface area (TPSA) is 70.4 Å². The second-order valence-electron chi connectivity index (χ2n) is 5.28. The molecule has 2 rings (SSSR count). The fourth-order valence-corrected chi connectivity index (χ4v) is 2.31. The summed E-state index contributed by atoms with van der Waals surface area (Å²) in [5, 5.41) is 10.7. The van der Waals surface area contributed by atoms with Crippen LogP contribution < -0.4 is 10.6 Å². The van der Waals surface area contributed by atoms with Crippen molar-refractivity contribution in [3.05, 3.63) is 12.2 Å². The van der Waals surface area contributed by atoms with Gasteiger partial charge >= 0.3 is 0 Å². The summed E-state index contributed by atoms with van der Waals surface area (Å²) in [6.45, 7) is 8.79. The first-order valence-corrected chi connectivity index (χ1v) is 7.83. The average molecular weight is 421 g/mol. The molecule has 2 N–H and O–H groups in total. The number of hydrogen-bond donors (Lipinski definition) is 2. The molecule has 1 aliphatic rings. The lowest BCUT2D eigenvalue weighted by Crippen LogP contribution is -2.42. The number of aromatic nitrogens is 3. The molecule has 0 aromatic carbocycles. The van der Waals surface area contributed by atoms with Gasteiger partial charge in [0.15, 0.2) is 5.96 Å². The molecule has 7 nitrogen and oxygen atoms in total. The van der Waals surface area contributed by atoms with E-state index in [0.717, 1.165) is 44.0 Å². The van der Waals surface area contributed by atoms with Gasteiger partial charge < -0.3 is 10.6 Å². The summed E-state index contributed by atoms with van der Waals surface area (Å²) in [5.41, 5.74) is 0. The SMILES string of the molecule is CCNC(=NCc1ncnn1C)NCCN(CC)C1CC1.I. The Hall–Kier alpha value is -0.900. The van der Waals surface area contributed by atoms with E-state index in [2.05, 4.69) is 44.5 Å². The van der Waals surface area contributed by atoms with Gasteiger partial charge in [0, 0.05) is 32.7 Å². The molecule has 8 heteroatoms. The van der Waals surface area contributed by atoms with Crippen molar-refractivity contribution in [1.82, 2.24) is 30.3 Å². The highest BCUT2D eigenvalue weighted by atomic mass is 127. The second kappa shape index (κ2) is 9.98. The number of nitrogens with zero attached hydrogens (tertiary/aromatic N) is 5. The van der Waals surface area contributed by atoms with E-state index in [9.17, 15) is 0 Å². The molecule has 0 amide bonds. The van der Waals surface area contributed by atoms with Crippen LogP contribution in [-0.4, -0.2) is 57.8 Å². The second-order valence-corrected chi connectivity index (χ2v) is 5.28. The van der Waals surface area contributed by atoms with E-state index < -0.39 is 0 Å². The van der Waals surface area contributed by atoms with Gasteiger partial charge in [0.2, 0.25) is 0 Å². The van der Waals surface area contributed by atoms with Gasteiger partial charge in [-0.2, -0.15) is 5.10 Å². The number of halogens is 1. The average Bonchev–Trinajstić information content (AvgIpc) is 3.24. The van der Waals surface area contributed by atoms with Gasteiger partial charge in [-0.1, -0.05) is 6.92 Å². The Balaban J connectivity index is 0.00000242. The molecule has 1 aromatic rings. The maximum atomic E-state index is 4.55. The molecule has 0 bridgehead atoms. The van der Waals surface area contributed by atoms with Crippen LogP contribution in [0.2, 0.25) is 0 Å². The molecular weight excluding hydrogens is 393 g/mol. The zero-order valence-electron chi connectivity index (χ0n) is 13.7. The zero-order valence-corrected chi connectivity index (χ0v) is 16.1. The number of rotatable bonds is 8. The van der Waals surface area contributed by atoms with E-state index in [0.29, 0.717) is 6.54 Å². The molecule has 0 spiro atoms. The maximum absolute atomic E-state index is 4.55. The normalized spacial score (nSPS) is 14.8. The van der Waals surface area contributed by atoms with Gasteiger partial charge in [-0.15, -0.1) is 24.0 Å². The first kappa shape index (κ1) is 19.1. The zero-order chi connectivity index (χ0) is 15.1. The summed E-state index contributed by atoms with van der Waals surface area (Å²) in [6.07, 6.45) is 4.27. The van der Waals surface area contributed by atoms with Crippen LogP contribution in [-0.2, 0) is 13.6 Å². The number of hydrogen-bond acceptors (Lipinski definition) is 4. The highest BCUT2D eigenvalue weighted by Crippen LogP contribution is 2.25. The lowest BCUT2D eigenvalue weighted by atomic mass is 10.4. The molecule has 0 aliphatic heterocycles. The Kier molecular flexibility index (Phi) is 8.69. The van der Waals surface area contributed by atoms with E-state index in [1.165, 1.54) is 12.8 Å². The summed E-state index contributed by atoms with van der Waals surface area (Å²) in [7, 11) is 1.88. The minimum Gasteiger partial charge on any atom is -0.357 e. The van der Waals surface area contributed by atoms with E-state index in [1.54, 1.807) is 11.0 Å². The highest BCUT2D eigenvalue weighted by molar-refractivity contribution is 14.0. The summed E-state index contributed by atoms with van der Waals surface area (Å²) in [4.78, 5) is 11.3. The first-order valence-electron chi connectivity index (χ1n) is 7.83. The van der Waals surface area contributed by atoms with Gasteiger partial charge in [0.25, 0.3) is 0 Å². The fraction of sp³-hybridized carbons (Fsp3) is 0.786. The van der Waals surface area contributed by atoms with Crippen LogP contribution >= 0.6 is 24.0 Å². The summed E-state index contributed by atoms with van der Waals surface area (Å²) in [6, 6.07) is 0.815. The highest BCUT2D eigenvalue weighted by Gasteiger charge is 2.27. The third-order valence-electron chi connectivity index (χ3n) is 3.69. The van der Waals surface area contributed by atoms with Crippen molar-refractivity contribution < 1.29 is 0 Å². The molecule has 0 radical (unpaired) electrons. The van der Waals surface area contributed by atoms with Gasteiger partial charge in [0.05, 0.1) is 0 Å². The van der Waals surface area contributed by atoms with Gasteiger partial charge in [-0.3, -0.25) is 9.58 Å². The molecule has 22 heavy (non-hydrogen) atoms. The van der Waals surface area contributed by atoms with Gasteiger partial charge in [-0.05, 0) is 26.3 Å². The monoisotopic (exact) mass is 421 g/mol. The Bertz CT molecular complexity index is 456. The lowest BCUT2D eigenvalue weighted by molar-refractivity contribution is 0.282. The van der Waals surface area contributed by atoms with Crippen molar-refractivity contribution in [1.29, 1.82) is 0 Å². The Morgan fingerprint density at radius 1 is 1.41 bits per heavy atom. The number of aryl methyl sites for hydroxylation is 1. The van der Waals surface area contributed by atoms with E-state index in [-0.39, 0.29) is 24.0 Å². The van der Waals surface area contributed by atoms with Crippen molar-refractivity contribution in [2.45, 2.75) is 39.3 Å². The van der Waals surface area contributed by atoms with E-state index in [4.69, 9.17) is 0 Å². The molecule has 1 fully saturated rings. The molecule has 0 unspecified atom stereocenters. The van der Waals surface area contributed by atoms with Crippen molar-refractivity contribution in [3.63, 3.8) is 0 Å². The van der Waals surface area contributed by atoms with Crippen LogP contribution in [0.1, 0.15) is 32.5 Å². The molecule has 1 saturated carbocycles. The van der Waals surface area contributed by atoms with Crippen molar-refractivity contribution in [3.8, 4) is 0 Å². The van der Waals surface area contributed by atoms with Crippen LogP contribution in [0.4, 0.5) is 0 Å². The summed E-state index contributed by atoms with van der Waals surface area (Å²) in [5.74, 6) is 1.70. The van der Waals surface area contributed by atoms with Crippen LogP contribution in [0, 0.1) is 0 Å². The number of likely N-dealkylation sites (N-methyl/N-ethyl adjacent to an activating group) is 1. The predicted molar refractivity (Wildman–Crippen MR) is 99.5 cm³/mol. The molecule has 1 aromatic heterocycles. The first-order chi connectivity index (χ1) is 10.2. The van der Waals surface area contributed by atoms with E-state index >= 15 is 0 Å². The van der Waals surface area contributed by atoms with Crippen molar-refractivity contribution in [2.75, 3.05) is 26.2 Å². The third kappa shape index (κ3) is 6.07. The minimum atomic E-state index is 0. The molecule has 0 saturated heterocycles. The lowest BCUT2D eigenvalue weighted by Gasteiger charge is -2.20. The quantitative estimate of drug-likeness (QED) is 0.372. The molecular formula is C14H28IN7. The Morgan fingerprint density at radius 2 is 2.18 bits per heavy atom. The van der Waals surface area contributed by atoms with Crippen LogP contribution in [0.5, 0.6) is 0 Å². The standard InChI is InChI=1S/C14H27N7.HI/c1-4-15-14(17-10-13-18-11-19-20(13)3)16-8-9-21(5-2)12-6-7-12;/h11-12H,4-10H2,1-3H3,(H2,15,16,17);1H. The molecule has 126 valence electrons. The van der Waals surface area contributed by atoms with Crippen LogP contribution in [0.25, 0.3) is 0 Å². The molecule has 1 heterocycles. The summed E-state index contributed by atoms with van der Waals surface area (Å²) < 4.78 is 1.75. The number of aliphatic imine (C=N–C) groups is 1. The molecule has 1 aliphatic carbocycles. The Labute approximate surface area is 150 Å². The maximum Gasteiger partial charge on any atom is 0.191 e. The minimum absolute atomic E-state index is 0. The van der Waals surface area contributed by atoms with E-state index in [1.807, 2.05) is 7.05 Å². The van der Waals surface area contributed by atoms with Gasteiger partial charge in [-0.25, -0.2) is 9.98 Å². The van der Waals surface area contributed by atoms with Crippen LogP contribution in [0.3, 0.4) is 0 Å². The van der Waals surface area contributed by atoms with Crippen molar-refractivity contribution >= 4 is 29.9 Å². The van der Waals surface area contributed by atoms with Gasteiger partial charge in [0.1, 0.15) is 18.7 Å². The smallest absolute Gasteiger partial charge is 0.191 e.